The van der Waals surface area contributed by atoms with Crippen molar-refractivity contribution in [3.63, 3.8) is 0 Å². The average molecular weight is 111 g/mol. The molecule has 3 heteroatoms. The molecule has 3 N–H and O–H groups in total. The van der Waals surface area contributed by atoms with Gasteiger partial charge >= 0.3 is 0 Å². The van der Waals surface area contributed by atoms with E-state index in [-0.39, 0.29) is 0 Å². The van der Waals surface area contributed by atoms with Crippen LogP contribution in [0.1, 0.15) is 0 Å². The minimum absolute atomic E-state index is 0.319. The Morgan fingerprint density at radius 1 is 1.88 bits per heavy atom. The molecule has 0 aromatic heterocycles. The summed E-state index contributed by atoms with van der Waals surface area (Å²) < 4.78 is 0. The highest BCUT2D eigenvalue weighted by molar-refractivity contribution is 6.12. The van der Waals surface area contributed by atoms with E-state index in [0.29, 0.717) is 11.4 Å². The minimum Gasteiger partial charge on any atom is -0.383 e. The Bertz CT molecular complexity index is 135. The lowest BCUT2D eigenvalue weighted by molar-refractivity contribution is 1.40. The molecule has 0 radical (unpaired) electrons. The second-order valence-corrected chi connectivity index (χ2v) is 1.28. The van der Waals surface area contributed by atoms with Crippen molar-refractivity contribution in [3.8, 4) is 0 Å². The topological polar surface area (TPSA) is 62.2 Å². The Hall–Kier alpha value is -1.12. The Labute approximate surface area is 48.4 Å². The van der Waals surface area contributed by atoms with Crippen molar-refractivity contribution in [3.05, 3.63) is 12.2 Å². The van der Waals surface area contributed by atoms with Crippen LogP contribution in [0.4, 0.5) is 0 Å². The monoisotopic (exact) mass is 111 g/mol. The van der Waals surface area contributed by atoms with Gasteiger partial charge in [-0.15, -0.1) is 0 Å². The quantitative estimate of drug-likeness (QED) is 0.387. The third-order valence-electron chi connectivity index (χ3n) is 0.744. The first kappa shape index (κ1) is 6.88. The van der Waals surface area contributed by atoms with Crippen molar-refractivity contribution < 1.29 is 0 Å². The van der Waals surface area contributed by atoms with Crippen LogP contribution >= 0.6 is 0 Å². The zero-order chi connectivity index (χ0) is 6.57. The molecular formula is C5H9N3. The van der Waals surface area contributed by atoms with Gasteiger partial charge in [-0.05, 0) is 0 Å². The predicted octanol–water partition coefficient (Wildman–Crippen LogP) is 0.179. The Balaban J connectivity index is 4.03. The average Bonchev–Trinajstić information content (AvgIpc) is 1.84. The molecule has 0 heterocycles. The number of nitrogens with zero attached hydrogens (tertiary/aromatic N) is 1. The van der Waals surface area contributed by atoms with E-state index in [4.69, 9.17) is 11.1 Å². The highest BCUT2D eigenvalue weighted by atomic mass is 14.8. The van der Waals surface area contributed by atoms with E-state index in [9.17, 15) is 0 Å². The van der Waals surface area contributed by atoms with Crippen LogP contribution in [-0.2, 0) is 0 Å². The lowest BCUT2D eigenvalue weighted by Crippen LogP contribution is -2.14. The number of nitrogens with one attached hydrogen (secondary N) is 1. The molecule has 0 amide bonds. The van der Waals surface area contributed by atoms with E-state index in [2.05, 4.69) is 11.6 Å². The molecule has 0 atom stereocenters. The van der Waals surface area contributed by atoms with E-state index < -0.39 is 0 Å². The summed E-state index contributed by atoms with van der Waals surface area (Å²) in [5.74, 6) is 0.319. The van der Waals surface area contributed by atoms with Crippen LogP contribution in [0, 0.1) is 5.41 Å². The smallest absolute Gasteiger partial charge is 0.126 e. The SMILES string of the molecule is C=C(C=N)C(N)=NC. The molecule has 0 aliphatic heterocycles. The Kier molecular flexibility index (Phi) is 2.54. The molecule has 0 saturated carbocycles. The highest BCUT2D eigenvalue weighted by Gasteiger charge is 1.89. The first-order chi connectivity index (χ1) is 3.72. The molecule has 0 rings (SSSR count). The molecule has 44 valence electrons. The fourth-order valence-corrected chi connectivity index (χ4v) is 0.218. The summed E-state index contributed by atoms with van der Waals surface area (Å²) in [4.78, 5) is 3.60. The van der Waals surface area contributed by atoms with Crippen molar-refractivity contribution >= 4 is 12.1 Å². The van der Waals surface area contributed by atoms with Crippen LogP contribution in [0.15, 0.2) is 17.1 Å². The van der Waals surface area contributed by atoms with E-state index in [1.807, 2.05) is 0 Å². The number of nitrogens with two attached hydrogens (primary N) is 1. The summed E-state index contributed by atoms with van der Waals surface area (Å²) >= 11 is 0. The van der Waals surface area contributed by atoms with Crippen molar-refractivity contribution in [2.45, 2.75) is 0 Å². The lowest BCUT2D eigenvalue weighted by atomic mass is 10.3. The number of rotatable bonds is 2. The molecule has 8 heavy (non-hydrogen) atoms. The van der Waals surface area contributed by atoms with Gasteiger partial charge in [0.15, 0.2) is 0 Å². The van der Waals surface area contributed by atoms with Crippen LogP contribution in [-0.4, -0.2) is 19.1 Å². The summed E-state index contributed by atoms with van der Waals surface area (Å²) in [7, 11) is 1.56. The van der Waals surface area contributed by atoms with Crippen molar-refractivity contribution in [1.29, 1.82) is 5.41 Å². The minimum atomic E-state index is 0.319. The fourth-order valence-electron chi connectivity index (χ4n) is 0.218. The Morgan fingerprint density at radius 2 is 2.38 bits per heavy atom. The lowest BCUT2D eigenvalue weighted by Gasteiger charge is -1.91. The fraction of sp³-hybridized carbons (Fsp3) is 0.200. The molecule has 0 fully saturated rings. The van der Waals surface area contributed by atoms with Gasteiger partial charge in [0.2, 0.25) is 0 Å². The molecule has 0 bridgehead atoms. The molecular weight excluding hydrogens is 102 g/mol. The summed E-state index contributed by atoms with van der Waals surface area (Å²) in [6, 6.07) is 0. The normalized spacial score (nSPS) is 10.9. The van der Waals surface area contributed by atoms with Gasteiger partial charge in [0.05, 0.1) is 0 Å². The molecule has 3 nitrogen and oxygen atoms in total. The van der Waals surface area contributed by atoms with Gasteiger partial charge in [0.25, 0.3) is 0 Å². The number of hydrogen-bond donors (Lipinski definition) is 2. The number of hydrogen-bond acceptors (Lipinski definition) is 2. The number of aliphatic imine (C=N–C) groups is 1. The van der Waals surface area contributed by atoms with E-state index in [0.717, 1.165) is 6.21 Å². The van der Waals surface area contributed by atoms with Crippen molar-refractivity contribution in [2.24, 2.45) is 10.7 Å². The molecule has 0 unspecified atom stereocenters. The van der Waals surface area contributed by atoms with Gasteiger partial charge in [-0.3, -0.25) is 4.99 Å². The van der Waals surface area contributed by atoms with Crippen LogP contribution in [0.25, 0.3) is 0 Å². The zero-order valence-electron chi connectivity index (χ0n) is 4.81. The molecule has 0 aromatic rings. The summed E-state index contributed by atoms with van der Waals surface area (Å²) in [5, 5.41) is 6.66. The maximum absolute atomic E-state index is 6.66. The van der Waals surface area contributed by atoms with Crippen LogP contribution in [0.2, 0.25) is 0 Å². The van der Waals surface area contributed by atoms with E-state index >= 15 is 0 Å². The summed E-state index contributed by atoms with van der Waals surface area (Å²) in [6.07, 6.45) is 1.07. The Morgan fingerprint density at radius 3 is 2.50 bits per heavy atom. The first-order valence-corrected chi connectivity index (χ1v) is 2.14. The summed E-state index contributed by atoms with van der Waals surface area (Å²) in [6.45, 7) is 3.45. The third-order valence-corrected chi connectivity index (χ3v) is 0.744. The van der Waals surface area contributed by atoms with Crippen molar-refractivity contribution in [2.75, 3.05) is 7.05 Å². The zero-order valence-corrected chi connectivity index (χ0v) is 4.81. The molecule has 0 spiro atoms. The summed E-state index contributed by atoms with van der Waals surface area (Å²) in [5.41, 5.74) is 5.68. The third kappa shape index (κ3) is 1.55. The largest absolute Gasteiger partial charge is 0.383 e. The number of amidine groups is 1. The van der Waals surface area contributed by atoms with Crippen molar-refractivity contribution in [1.82, 2.24) is 0 Å². The van der Waals surface area contributed by atoms with Crippen LogP contribution in [0.3, 0.4) is 0 Å². The second-order valence-electron chi connectivity index (χ2n) is 1.28. The maximum Gasteiger partial charge on any atom is 0.126 e. The standard InChI is InChI=1S/C5H9N3/c1-4(3-6)5(7)8-2/h3,6H,1H2,2H3,(H2,7,8). The molecule has 0 aliphatic rings. The highest BCUT2D eigenvalue weighted by Crippen LogP contribution is 1.80. The van der Waals surface area contributed by atoms with Gasteiger partial charge in [-0.2, -0.15) is 0 Å². The first-order valence-electron chi connectivity index (χ1n) is 2.14. The van der Waals surface area contributed by atoms with Gasteiger partial charge in [0, 0.05) is 18.8 Å². The molecule has 0 aromatic carbocycles. The molecule has 0 aliphatic carbocycles. The van der Waals surface area contributed by atoms with Gasteiger partial charge < -0.3 is 11.1 Å². The maximum atomic E-state index is 6.66. The van der Waals surface area contributed by atoms with Gasteiger partial charge in [-0.1, -0.05) is 6.58 Å². The van der Waals surface area contributed by atoms with E-state index in [1.54, 1.807) is 7.05 Å². The van der Waals surface area contributed by atoms with Gasteiger partial charge in [0.1, 0.15) is 5.84 Å². The second kappa shape index (κ2) is 2.96. The molecule has 0 saturated heterocycles. The van der Waals surface area contributed by atoms with Crippen LogP contribution in [0.5, 0.6) is 0 Å². The van der Waals surface area contributed by atoms with E-state index in [1.165, 1.54) is 0 Å². The predicted molar refractivity (Wildman–Crippen MR) is 35.5 cm³/mol. The van der Waals surface area contributed by atoms with Crippen LogP contribution < -0.4 is 5.73 Å². The van der Waals surface area contributed by atoms with Gasteiger partial charge in [-0.25, -0.2) is 0 Å².